The van der Waals surface area contributed by atoms with E-state index in [0.29, 0.717) is 17.4 Å². The van der Waals surface area contributed by atoms with E-state index in [2.05, 4.69) is 40.7 Å². The second-order valence-electron chi connectivity index (χ2n) is 12.7. The first kappa shape index (κ1) is 27.7. The molecule has 0 spiro atoms. The molecule has 0 bridgehead atoms. The first-order chi connectivity index (χ1) is 16.4. The summed E-state index contributed by atoms with van der Waals surface area (Å²) in [6.07, 6.45) is 8.96. The van der Waals surface area contributed by atoms with Crippen LogP contribution in [-0.4, -0.2) is 11.9 Å². The summed E-state index contributed by atoms with van der Waals surface area (Å²) < 4.78 is 12.4. The highest BCUT2D eigenvalue weighted by Gasteiger charge is 2.54. The molecule has 1 aromatic carbocycles. The van der Waals surface area contributed by atoms with Crippen molar-refractivity contribution in [2.45, 2.75) is 125 Å². The van der Waals surface area contributed by atoms with Gasteiger partial charge in [0.15, 0.2) is 11.5 Å². The normalized spacial score (nSPS) is 23.3. The van der Waals surface area contributed by atoms with Gasteiger partial charge in [-0.2, -0.15) is 0 Å². The molecule has 2 aliphatic carbocycles. The van der Waals surface area contributed by atoms with Crippen LogP contribution in [0.2, 0.25) is 0 Å². The molecule has 0 aliphatic heterocycles. The van der Waals surface area contributed by atoms with Crippen LogP contribution in [0.3, 0.4) is 0 Å². The van der Waals surface area contributed by atoms with Crippen LogP contribution in [0.25, 0.3) is 0 Å². The molecule has 1 saturated carbocycles. The summed E-state index contributed by atoms with van der Waals surface area (Å²) in [6, 6.07) is 2.27. The lowest BCUT2D eigenvalue weighted by Gasteiger charge is -2.56. The fourth-order valence-electron chi connectivity index (χ4n) is 6.67. The quantitative estimate of drug-likeness (QED) is 0.276. The molecule has 0 aromatic heterocycles. The largest absolute Gasteiger partial charge is 0.422 e. The van der Waals surface area contributed by atoms with Gasteiger partial charge in [0.2, 0.25) is 0 Å². The van der Waals surface area contributed by atoms with Crippen molar-refractivity contribution >= 4 is 11.9 Å². The van der Waals surface area contributed by atoms with Crippen LogP contribution >= 0.6 is 0 Å². The molecule has 0 saturated heterocycles. The highest BCUT2D eigenvalue weighted by atomic mass is 16.6. The lowest BCUT2D eigenvalue weighted by atomic mass is 9.48. The van der Waals surface area contributed by atoms with Gasteiger partial charge in [-0.25, -0.2) is 0 Å². The Balaban J connectivity index is 2.37. The average Bonchev–Trinajstić information content (AvgIpc) is 2.77. The molecule has 0 unspecified atom stereocenters. The van der Waals surface area contributed by atoms with Crippen LogP contribution in [0.15, 0.2) is 6.07 Å². The summed E-state index contributed by atoms with van der Waals surface area (Å²) in [7, 11) is 0. The van der Waals surface area contributed by atoms with Crippen LogP contribution in [0.5, 0.6) is 11.5 Å². The van der Waals surface area contributed by atoms with Crippen molar-refractivity contribution in [2.24, 2.45) is 23.2 Å². The molecule has 1 fully saturated rings. The number of ether oxygens (including phenoxy) is 2. The van der Waals surface area contributed by atoms with Gasteiger partial charge in [0.1, 0.15) is 0 Å². The predicted molar refractivity (Wildman–Crippen MR) is 142 cm³/mol. The minimum atomic E-state index is -0.285. The zero-order chi connectivity index (χ0) is 26.1. The van der Waals surface area contributed by atoms with Gasteiger partial charge in [-0.3, -0.25) is 9.59 Å². The maximum atomic E-state index is 13.1. The molecule has 0 radical (unpaired) electrons. The number of carbonyl (C=O) groups is 2. The lowest BCUT2D eigenvalue weighted by molar-refractivity contribution is -0.140. The zero-order valence-electron chi connectivity index (χ0n) is 23.7. The summed E-state index contributed by atoms with van der Waals surface area (Å²) in [6.45, 7) is 18.7. The smallest absolute Gasteiger partial charge is 0.313 e. The summed E-state index contributed by atoms with van der Waals surface area (Å²) in [5.74, 6) is 0.580. The summed E-state index contributed by atoms with van der Waals surface area (Å²) >= 11 is 0. The van der Waals surface area contributed by atoms with E-state index in [1.165, 1.54) is 17.5 Å². The lowest BCUT2D eigenvalue weighted by Crippen LogP contribution is -2.50. The van der Waals surface area contributed by atoms with E-state index in [0.717, 1.165) is 50.5 Å². The number of fused-ring (bicyclic) bond motifs is 3. The number of esters is 2. The maximum Gasteiger partial charge on any atom is 0.313 e. The van der Waals surface area contributed by atoms with Gasteiger partial charge in [0.25, 0.3) is 0 Å². The first-order valence-electron chi connectivity index (χ1n) is 14.0. The summed E-state index contributed by atoms with van der Waals surface area (Å²) in [4.78, 5) is 26.0. The van der Waals surface area contributed by atoms with Crippen LogP contribution in [0, 0.1) is 23.2 Å². The molecule has 1 aromatic rings. The molecule has 0 N–H and O–H groups in total. The third-order valence-corrected chi connectivity index (χ3v) is 8.55. The molecule has 3 rings (SSSR count). The van der Waals surface area contributed by atoms with Gasteiger partial charge in [-0.1, -0.05) is 87.6 Å². The van der Waals surface area contributed by atoms with Crippen molar-refractivity contribution in [1.82, 2.24) is 0 Å². The molecule has 2 atom stereocenters. The Hall–Kier alpha value is -1.84. The molecule has 0 amide bonds. The van der Waals surface area contributed by atoms with Gasteiger partial charge >= 0.3 is 11.9 Å². The number of hydrogen-bond acceptors (Lipinski definition) is 4. The fourth-order valence-corrected chi connectivity index (χ4v) is 6.67. The second kappa shape index (κ2) is 10.6. The third kappa shape index (κ3) is 5.32. The molecular weight excluding hydrogens is 436 g/mol. The van der Waals surface area contributed by atoms with Crippen LogP contribution < -0.4 is 9.47 Å². The van der Waals surface area contributed by atoms with E-state index in [-0.39, 0.29) is 40.5 Å². The van der Waals surface area contributed by atoms with Gasteiger partial charge in [0.05, 0.1) is 11.8 Å². The van der Waals surface area contributed by atoms with Crippen molar-refractivity contribution in [1.29, 1.82) is 0 Å². The predicted octanol–water partition coefficient (Wildman–Crippen LogP) is 8.13. The van der Waals surface area contributed by atoms with Crippen molar-refractivity contribution in [3.8, 4) is 11.5 Å². The maximum absolute atomic E-state index is 13.1. The highest BCUT2D eigenvalue weighted by Crippen LogP contribution is 2.62. The monoisotopic (exact) mass is 484 g/mol. The highest BCUT2D eigenvalue weighted by molar-refractivity contribution is 5.80. The van der Waals surface area contributed by atoms with E-state index >= 15 is 0 Å². The van der Waals surface area contributed by atoms with Crippen LogP contribution in [-0.2, 0) is 21.4 Å². The van der Waals surface area contributed by atoms with Crippen molar-refractivity contribution in [3.63, 3.8) is 0 Å². The van der Waals surface area contributed by atoms with E-state index in [1.807, 2.05) is 27.7 Å². The Labute approximate surface area is 213 Å². The summed E-state index contributed by atoms with van der Waals surface area (Å²) in [5, 5.41) is 0. The Bertz CT molecular complexity index is 940. The van der Waals surface area contributed by atoms with Crippen molar-refractivity contribution in [3.05, 3.63) is 22.8 Å². The molecule has 2 aliphatic rings. The minimum Gasteiger partial charge on any atom is -0.422 e. The molecule has 196 valence electrons. The van der Waals surface area contributed by atoms with Crippen LogP contribution in [0.1, 0.15) is 130 Å². The topological polar surface area (TPSA) is 52.6 Å². The number of unbranched alkanes of at least 4 members (excludes halogenated alkanes) is 1. The molecule has 4 heteroatoms. The molecule has 35 heavy (non-hydrogen) atoms. The van der Waals surface area contributed by atoms with Crippen LogP contribution in [0.4, 0.5) is 0 Å². The third-order valence-electron chi connectivity index (χ3n) is 8.55. The average molecular weight is 485 g/mol. The standard InChI is InChI=1S/C31H48O4/c1-10-11-16-31-17-12-15-30(8,9)24(31)14-13-22-18-23(19(2)3)26(34-28(32)20(4)5)27(25(22)31)35-29(33)21(6)7/h18-21,24H,10-17H2,1-9H3/t24-,31-/m0/s1. The van der Waals surface area contributed by atoms with Gasteiger partial charge < -0.3 is 9.47 Å². The summed E-state index contributed by atoms with van der Waals surface area (Å²) in [5.41, 5.74) is 3.57. The Kier molecular flexibility index (Phi) is 8.44. The first-order valence-corrected chi connectivity index (χ1v) is 14.0. The van der Waals surface area contributed by atoms with E-state index in [4.69, 9.17) is 9.47 Å². The minimum absolute atomic E-state index is 0.0631. The zero-order valence-corrected chi connectivity index (χ0v) is 23.7. The number of hydrogen-bond donors (Lipinski definition) is 0. The number of aryl methyl sites for hydroxylation is 1. The second-order valence-corrected chi connectivity index (χ2v) is 12.7. The van der Waals surface area contributed by atoms with E-state index < -0.39 is 0 Å². The molecule has 4 nitrogen and oxygen atoms in total. The Morgan fingerprint density at radius 1 is 0.971 bits per heavy atom. The molecular formula is C31H48O4. The Morgan fingerprint density at radius 2 is 1.57 bits per heavy atom. The van der Waals surface area contributed by atoms with Gasteiger partial charge in [-0.05, 0) is 54.9 Å². The van der Waals surface area contributed by atoms with Gasteiger partial charge in [0, 0.05) is 16.5 Å². The van der Waals surface area contributed by atoms with Gasteiger partial charge in [-0.15, -0.1) is 0 Å². The number of carbonyl (C=O) groups excluding carboxylic acids is 2. The fraction of sp³-hybridized carbons (Fsp3) is 0.742. The molecule has 0 heterocycles. The number of rotatable bonds is 8. The van der Waals surface area contributed by atoms with E-state index in [9.17, 15) is 9.59 Å². The van der Waals surface area contributed by atoms with Crippen molar-refractivity contribution < 1.29 is 19.1 Å². The van der Waals surface area contributed by atoms with Crippen molar-refractivity contribution in [2.75, 3.05) is 0 Å². The Morgan fingerprint density at radius 3 is 2.11 bits per heavy atom. The van der Waals surface area contributed by atoms with E-state index in [1.54, 1.807) is 0 Å². The number of benzene rings is 1. The SMILES string of the molecule is CCCC[C@]12CCCC(C)(C)[C@@H]1CCc1cc(C(C)C)c(OC(=O)C(C)C)c(OC(=O)C(C)C)c12.